The van der Waals surface area contributed by atoms with Gasteiger partial charge < -0.3 is 5.11 Å². The fraction of sp³-hybridized carbons (Fsp3) is 0.353. The maximum atomic E-state index is 10.0. The monoisotopic (exact) mass is 287 g/mol. The molecule has 0 fully saturated rings. The first-order valence-electron chi connectivity index (χ1n) is 6.98. The molecule has 0 saturated carbocycles. The second-order valence-corrected chi connectivity index (χ2v) is 5.84. The van der Waals surface area contributed by atoms with E-state index < -0.39 is 0 Å². The molecule has 20 heavy (non-hydrogen) atoms. The molecule has 2 nitrogen and oxygen atoms in total. The van der Waals surface area contributed by atoms with Crippen molar-refractivity contribution in [2.45, 2.75) is 36.7 Å². The van der Waals surface area contributed by atoms with Gasteiger partial charge in [0.05, 0.1) is 6.10 Å². The van der Waals surface area contributed by atoms with Crippen molar-refractivity contribution in [1.82, 2.24) is 4.98 Å². The highest BCUT2D eigenvalue weighted by Gasteiger charge is 2.05. The van der Waals surface area contributed by atoms with Gasteiger partial charge in [-0.05, 0) is 61.3 Å². The zero-order chi connectivity index (χ0) is 14.2. The molecule has 3 heteroatoms. The van der Waals surface area contributed by atoms with E-state index in [2.05, 4.69) is 35.5 Å². The minimum atomic E-state index is -0.273. The molecule has 0 radical (unpaired) electrons. The van der Waals surface area contributed by atoms with Crippen LogP contribution in [0.5, 0.6) is 0 Å². The Kier molecular flexibility index (Phi) is 6.09. The first kappa shape index (κ1) is 15.1. The molecular formula is C17H21NOS. The van der Waals surface area contributed by atoms with E-state index in [1.807, 2.05) is 18.3 Å². The van der Waals surface area contributed by atoms with E-state index >= 15 is 0 Å². The summed E-state index contributed by atoms with van der Waals surface area (Å²) in [5.41, 5.74) is 2.45. The van der Waals surface area contributed by atoms with Gasteiger partial charge in [-0.2, -0.15) is 0 Å². The van der Waals surface area contributed by atoms with E-state index in [-0.39, 0.29) is 6.10 Å². The molecule has 0 saturated heterocycles. The minimum absolute atomic E-state index is 0.273. The van der Waals surface area contributed by atoms with Gasteiger partial charge in [-0.1, -0.05) is 18.2 Å². The summed E-state index contributed by atoms with van der Waals surface area (Å²) in [6.07, 6.45) is 8.96. The summed E-state index contributed by atoms with van der Waals surface area (Å²) in [5.74, 6) is 0. The normalized spacial score (nSPS) is 12.3. The maximum Gasteiger partial charge on any atom is 0.0581 e. The highest BCUT2D eigenvalue weighted by Crippen LogP contribution is 2.16. The molecule has 1 heterocycles. The smallest absolute Gasteiger partial charge is 0.0581 e. The second kappa shape index (κ2) is 8.08. The molecule has 106 valence electrons. The second-order valence-electron chi connectivity index (χ2n) is 4.96. The van der Waals surface area contributed by atoms with Crippen LogP contribution in [0, 0.1) is 0 Å². The number of aryl methyl sites for hydroxylation is 1. The predicted molar refractivity (Wildman–Crippen MR) is 85.1 cm³/mol. The highest BCUT2D eigenvalue weighted by molar-refractivity contribution is 7.98. The van der Waals surface area contributed by atoms with Crippen LogP contribution in [-0.4, -0.2) is 22.5 Å². The number of nitrogens with zero attached hydrogens (tertiary/aromatic N) is 1. The predicted octanol–water partition coefficient (Wildman–Crippen LogP) is 3.73. The van der Waals surface area contributed by atoms with Crippen molar-refractivity contribution in [3.63, 3.8) is 0 Å². The third-order valence-corrected chi connectivity index (χ3v) is 4.10. The molecule has 1 aromatic carbocycles. The van der Waals surface area contributed by atoms with Gasteiger partial charge in [0, 0.05) is 17.3 Å². The van der Waals surface area contributed by atoms with Crippen molar-refractivity contribution in [1.29, 1.82) is 0 Å². The van der Waals surface area contributed by atoms with E-state index in [0.717, 1.165) is 24.8 Å². The Morgan fingerprint density at radius 3 is 2.60 bits per heavy atom. The molecule has 0 aliphatic heterocycles. The van der Waals surface area contributed by atoms with Crippen LogP contribution >= 0.6 is 11.8 Å². The molecule has 0 bridgehead atoms. The Balaban J connectivity index is 1.72. The Morgan fingerprint density at radius 1 is 1.15 bits per heavy atom. The summed E-state index contributed by atoms with van der Waals surface area (Å²) < 4.78 is 0. The highest BCUT2D eigenvalue weighted by atomic mass is 32.2. The lowest BCUT2D eigenvalue weighted by Crippen LogP contribution is -2.10. The molecule has 0 aliphatic carbocycles. The fourth-order valence-electron chi connectivity index (χ4n) is 2.23. The Hall–Kier alpha value is -1.32. The Morgan fingerprint density at radius 2 is 1.95 bits per heavy atom. The molecule has 1 aromatic heterocycles. The van der Waals surface area contributed by atoms with E-state index in [9.17, 15) is 5.11 Å². The van der Waals surface area contributed by atoms with Gasteiger partial charge in [0.2, 0.25) is 0 Å². The Labute approximate surface area is 125 Å². The third-order valence-electron chi connectivity index (χ3n) is 3.36. The number of aliphatic hydroxyl groups is 1. The number of aromatic nitrogens is 1. The number of benzene rings is 1. The number of hydrogen-bond acceptors (Lipinski definition) is 3. The van der Waals surface area contributed by atoms with E-state index in [1.54, 1.807) is 18.0 Å². The number of hydrogen-bond donors (Lipinski definition) is 1. The number of aliphatic hydroxyl groups excluding tert-OH is 1. The van der Waals surface area contributed by atoms with Crippen molar-refractivity contribution in [2.75, 3.05) is 6.26 Å². The SMILES string of the molecule is CSc1ccc(CCCC(O)Cc2cccnc2)cc1. The summed E-state index contributed by atoms with van der Waals surface area (Å²) in [6, 6.07) is 12.6. The van der Waals surface area contributed by atoms with Crippen LogP contribution in [0.2, 0.25) is 0 Å². The molecule has 0 spiro atoms. The van der Waals surface area contributed by atoms with E-state index in [4.69, 9.17) is 0 Å². The van der Waals surface area contributed by atoms with Crippen LogP contribution in [0.15, 0.2) is 53.7 Å². The van der Waals surface area contributed by atoms with Gasteiger partial charge in [-0.15, -0.1) is 11.8 Å². The van der Waals surface area contributed by atoms with E-state index in [0.29, 0.717) is 6.42 Å². The van der Waals surface area contributed by atoms with Gasteiger partial charge in [0.25, 0.3) is 0 Å². The molecule has 1 atom stereocenters. The maximum absolute atomic E-state index is 10.0. The van der Waals surface area contributed by atoms with Crippen molar-refractivity contribution in [3.05, 3.63) is 59.9 Å². The lowest BCUT2D eigenvalue weighted by Gasteiger charge is -2.10. The van der Waals surface area contributed by atoms with Gasteiger partial charge in [0.1, 0.15) is 0 Å². The van der Waals surface area contributed by atoms with Crippen molar-refractivity contribution in [2.24, 2.45) is 0 Å². The van der Waals surface area contributed by atoms with Crippen molar-refractivity contribution in [3.8, 4) is 0 Å². The summed E-state index contributed by atoms with van der Waals surface area (Å²) >= 11 is 1.76. The molecule has 1 unspecified atom stereocenters. The van der Waals surface area contributed by atoms with Gasteiger partial charge in [0.15, 0.2) is 0 Å². The Bertz CT molecular complexity index is 498. The summed E-state index contributed by atoms with van der Waals surface area (Å²) in [4.78, 5) is 5.37. The third kappa shape index (κ3) is 4.99. The lowest BCUT2D eigenvalue weighted by atomic mass is 10.0. The molecule has 2 aromatic rings. The van der Waals surface area contributed by atoms with Gasteiger partial charge >= 0.3 is 0 Å². The van der Waals surface area contributed by atoms with Crippen molar-refractivity contribution < 1.29 is 5.11 Å². The molecule has 0 aliphatic rings. The summed E-state index contributed by atoms with van der Waals surface area (Å²) in [6.45, 7) is 0. The molecule has 0 amide bonds. The topological polar surface area (TPSA) is 33.1 Å². The standard InChI is InChI=1S/C17H21NOS/c1-20-17-9-7-14(8-10-17)4-2-6-16(19)12-15-5-3-11-18-13-15/h3,5,7-11,13,16,19H,2,4,6,12H2,1H3. The number of pyridine rings is 1. The van der Waals surface area contributed by atoms with Crippen LogP contribution < -0.4 is 0 Å². The first-order chi connectivity index (χ1) is 9.78. The van der Waals surface area contributed by atoms with Gasteiger partial charge in [-0.3, -0.25) is 4.98 Å². The first-order valence-corrected chi connectivity index (χ1v) is 8.20. The van der Waals surface area contributed by atoms with E-state index in [1.165, 1.54) is 10.5 Å². The van der Waals surface area contributed by atoms with Crippen LogP contribution in [0.25, 0.3) is 0 Å². The molecule has 2 rings (SSSR count). The average Bonchev–Trinajstić information content (AvgIpc) is 2.49. The fourth-order valence-corrected chi connectivity index (χ4v) is 2.64. The van der Waals surface area contributed by atoms with Crippen LogP contribution in [0.4, 0.5) is 0 Å². The van der Waals surface area contributed by atoms with Crippen molar-refractivity contribution >= 4 is 11.8 Å². The lowest BCUT2D eigenvalue weighted by molar-refractivity contribution is 0.162. The zero-order valence-electron chi connectivity index (χ0n) is 11.8. The molecular weight excluding hydrogens is 266 g/mol. The number of rotatable bonds is 7. The number of thioether (sulfide) groups is 1. The zero-order valence-corrected chi connectivity index (χ0v) is 12.6. The van der Waals surface area contributed by atoms with Crippen LogP contribution in [0.1, 0.15) is 24.0 Å². The quantitative estimate of drug-likeness (QED) is 0.788. The summed E-state index contributed by atoms with van der Waals surface area (Å²) in [5, 5.41) is 10.0. The molecule has 1 N–H and O–H groups in total. The largest absolute Gasteiger partial charge is 0.393 e. The van der Waals surface area contributed by atoms with Gasteiger partial charge in [-0.25, -0.2) is 0 Å². The average molecular weight is 287 g/mol. The van der Waals surface area contributed by atoms with Crippen LogP contribution in [-0.2, 0) is 12.8 Å². The summed E-state index contributed by atoms with van der Waals surface area (Å²) in [7, 11) is 0. The minimum Gasteiger partial charge on any atom is -0.393 e. The van der Waals surface area contributed by atoms with Crippen LogP contribution in [0.3, 0.4) is 0 Å².